The Labute approximate surface area is 238 Å². The summed E-state index contributed by atoms with van der Waals surface area (Å²) in [6, 6.07) is 20.6. The Balaban J connectivity index is 1.48. The Hall–Kier alpha value is -3.44. The lowest BCUT2D eigenvalue weighted by Crippen LogP contribution is -2.39. The number of rotatable bonds is 10. The summed E-state index contributed by atoms with van der Waals surface area (Å²) in [5, 5.41) is 25.0. The van der Waals surface area contributed by atoms with Crippen LogP contribution in [0.4, 0.5) is 0 Å². The van der Waals surface area contributed by atoms with Crippen LogP contribution in [0.15, 0.2) is 78.0 Å². The maximum Gasteiger partial charge on any atom is 0.303 e. The molecule has 1 amide bonds. The zero-order chi connectivity index (χ0) is 28.6. The zero-order valence-electron chi connectivity index (χ0n) is 22.7. The third-order valence-corrected chi connectivity index (χ3v) is 7.85. The first-order valence-corrected chi connectivity index (χ1v) is 14.1. The third-order valence-electron chi connectivity index (χ3n) is 6.74. The molecule has 0 unspecified atom stereocenters. The number of amides is 1. The van der Waals surface area contributed by atoms with Gasteiger partial charge in [-0.25, -0.2) is 0 Å². The molecule has 10 heteroatoms. The summed E-state index contributed by atoms with van der Waals surface area (Å²) in [5.41, 5.74) is 3.48. The Morgan fingerprint density at radius 1 is 1.05 bits per heavy atom. The van der Waals surface area contributed by atoms with Gasteiger partial charge in [-0.2, -0.15) is 4.73 Å². The lowest BCUT2D eigenvalue weighted by molar-refractivity contribution is -0.645. The average Bonchev–Trinajstić information content (AvgIpc) is 2.96. The van der Waals surface area contributed by atoms with Crippen molar-refractivity contribution in [3.8, 4) is 0 Å². The fourth-order valence-electron chi connectivity index (χ4n) is 4.43. The molecule has 0 saturated carbocycles. The van der Waals surface area contributed by atoms with Gasteiger partial charge in [0.05, 0.1) is 18.8 Å². The second-order valence-corrected chi connectivity index (χ2v) is 10.7. The van der Waals surface area contributed by atoms with E-state index in [9.17, 15) is 19.9 Å². The van der Waals surface area contributed by atoms with Crippen molar-refractivity contribution in [1.82, 2.24) is 5.32 Å². The van der Waals surface area contributed by atoms with Gasteiger partial charge >= 0.3 is 5.97 Å². The van der Waals surface area contributed by atoms with Crippen LogP contribution < -0.4 is 10.0 Å². The van der Waals surface area contributed by atoms with Crippen LogP contribution >= 0.6 is 11.8 Å². The number of nitrogens with zero attached hydrogens (tertiary/aromatic N) is 1. The number of ether oxygens (including phenoxy) is 3. The van der Waals surface area contributed by atoms with Gasteiger partial charge in [-0.3, -0.25) is 9.59 Å². The van der Waals surface area contributed by atoms with Crippen LogP contribution in [0.1, 0.15) is 55.4 Å². The SMILES string of the molecule is CC(=O)O[C@@H](C)C(=O)NCc1ccc([C@@H]2O[C@H](CSc3cccc[n+]3[O-])[C@H](C)[C@H](c3ccc(CO)cc3)O2)cc1. The number of hydrogen-bond acceptors (Lipinski definition) is 8. The van der Waals surface area contributed by atoms with Crippen molar-refractivity contribution in [2.75, 3.05) is 5.75 Å². The van der Waals surface area contributed by atoms with Crippen LogP contribution in [-0.2, 0) is 37.0 Å². The molecule has 1 saturated heterocycles. The fraction of sp³-hybridized carbons (Fsp3) is 0.367. The fourth-order valence-corrected chi connectivity index (χ4v) is 5.51. The van der Waals surface area contributed by atoms with E-state index in [-0.39, 0.29) is 37.2 Å². The molecule has 212 valence electrons. The van der Waals surface area contributed by atoms with Crippen molar-refractivity contribution in [2.24, 2.45) is 5.92 Å². The Bertz CT molecular complexity index is 1290. The number of aliphatic hydroxyl groups is 1. The van der Waals surface area contributed by atoms with Gasteiger partial charge in [-0.15, -0.1) is 0 Å². The van der Waals surface area contributed by atoms with E-state index in [4.69, 9.17) is 14.2 Å². The highest BCUT2D eigenvalue weighted by Crippen LogP contribution is 2.42. The molecule has 5 atom stereocenters. The number of hydrogen-bond donors (Lipinski definition) is 2. The van der Waals surface area contributed by atoms with Gasteiger partial charge in [-0.1, -0.05) is 67.2 Å². The molecule has 0 aliphatic carbocycles. The number of thioether (sulfide) groups is 1. The number of pyridine rings is 1. The van der Waals surface area contributed by atoms with Crippen LogP contribution in [0, 0.1) is 11.1 Å². The Morgan fingerprint density at radius 2 is 1.73 bits per heavy atom. The molecule has 1 aliphatic heterocycles. The van der Waals surface area contributed by atoms with Crippen LogP contribution in [0.2, 0.25) is 0 Å². The molecule has 4 rings (SSSR count). The maximum atomic E-state index is 12.2. The zero-order valence-corrected chi connectivity index (χ0v) is 23.5. The van der Waals surface area contributed by atoms with Crippen LogP contribution in [0.5, 0.6) is 0 Å². The topological polar surface area (TPSA) is 121 Å². The van der Waals surface area contributed by atoms with Crippen LogP contribution in [0.3, 0.4) is 0 Å². The molecule has 2 aromatic carbocycles. The molecule has 2 heterocycles. The lowest BCUT2D eigenvalue weighted by Gasteiger charge is -2.41. The number of aromatic nitrogens is 1. The molecule has 0 spiro atoms. The largest absolute Gasteiger partial charge is 0.618 e. The quantitative estimate of drug-likeness (QED) is 0.164. The van der Waals surface area contributed by atoms with Crippen LogP contribution in [-0.4, -0.2) is 34.9 Å². The van der Waals surface area contributed by atoms with Crippen molar-refractivity contribution < 1.29 is 33.6 Å². The molecule has 3 aromatic rings. The van der Waals surface area contributed by atoms with Crippen molar-refractivity contribution >= 4 is 23.6 Å². The first-order valence-electron chi connectivity index (χ1n) is 13.1. The van der Waals surface area contributed by atoms with Gasteiger partial charge in [0.2, 0.25) is 0 Å². The van der Waals surface area contributed by atoms with Gasteiger partial charge in [0.15, 0.2) is 18.6 Å². The number of carbonyl (C=O) groups is 2. The highest BCUT2D eigenvalue weighted by Gasteiger charge is 2.38. The molecule has 9 nitrogen and oxygen atoms in total. The molecule has 0 radical (unpaired) electrons. The predicted molar refractivity (Wildman–Crippen MR) is 149 cm³/mol. The normalized spacial score (nSPS) is 21.4. The highest BCUT2D eigenvalue weighted by molar-refractivity contribution is 7.99. The molecule has 1 aromatic heterocycles. The molecule has 2 N–H and O–H groups in total. The minimum atomic E-state index is -0.868. The van der Waals surface area contributed by atoms with E-state index >= 15 is 0 Å². The molecular formula is C30H34N2O7S. The van der Waals surface area contributed by atoms with E-state index in [1.165, 1.54) is 31.8 Å². The van der Waals surface area contributed by atoms with Crippen molar-refractivity contribution in [3.63, 3.8) is 0 Å². The minimum Gasteiger partial charge on any atom is -0.618 e. The molecule has 40 heavy (non-hydrogen) atoms. The summed E-state index contributed by atoms with van der Waals surface area (Å²) in [5.74, 6) is -0.339. The van der Waals surface area contributed by atoms with E-state index in [0.29, 0.717) is 10.8 Å². The van der Waals surface area contributed by atoms with E-state index < -0.39 is 18.4 Å². The number of carbonyl (C=O) groups excluding carboxylic acids is 2. The standard InChI is InChI=1S/C30H34N2O7S/c1-19-26(18-40-27-6-4-5-15-32(27)36)38-30(39-28(19)24-11-9-23(17-33)10-12-24)25-13-7-22(8-14-25)16-31-29(35)20(2)37-21(3)34/h4-15,19-20,26,28,30,33H,16-18H2,1-3H3,(H,31,35)/t19-,20-,26+,28+,30+/m0/s1. The average molecular weight is 567 g/mol. The maximum absolute atomic E-state index is 12.2. The summed E-state index contributed by atoms with van der Waals surface area (Å²) in [6.07, 6.45) is -0.520. The number of benzene rings is 2. The molecule has 0 bridgehead atoms. The van der Waals surface area contributed by atoms with E-state index in [0.717, 1.165) is 27.0 Å². The third kappa shape index (κ3) is 7.60. The number of nitrogens with one attached hydrogen (secondary N) is 1. The smallest absolute Gasteiger partial charge is 0.303 e. The minimum absolute atomic E-state index is 0.0127. The second-order valence-electron chi connectivity index (χ2n) is 9.71. The van der Waals surface area contributed by atoms with Gasteiger partial charge in [0.25, 0.3) is 10.9 Å². The summed E-state index contributed by atoms with van der Waals surface area (Å²) in [6.45, 7) is 5.10. The lowest BCUT2D eigenvalue weighted by atomic mass is 9.91. The summed E-state index contributed by atoms with van der Waals surface area (Å²) in [4.78, 5) is 23.2. The number of aliphatic hydroxyl groups excluding tert-OH is 1. The summed E-state index contributed by atoms with van der Waals surface area (Å²) >= 11 is 1.44. The monoisotopic (exact) mass is 566 g/mol. The number of esters is 1. The summed E-state index contributed by atoms with van der Waals surface area (Å²) < 4.78 is 18.7. The second kappa shape index (κ2) is 13.8. The van der Waals surface area contributed by atoms with Gasteiger partial charge < -0.3 is 29.8 Å². The van der Waals surface area contributed by atoms with E-state index in [1.807, 2.05) is 54.6 Å². The predicted octanol–water partition coefficient (Wildman–Crippen LogP) is 3.96. The van der Waals surface area contributed by atoms with Crippen molar-refractivity contribution in [1.29, 1.82) is 0 Å². The van der Waals surface area contributed by atoms with E-state index in [2.05, 4.69) is 12.2 Å². The van der Waals surface area contributed by atoms with Crippen molar-refractivity contribution in [3.05, 3.63) is 100 Å². The molecular weight excluding hydrogens is 532 g/mol. The van der Waals surface area contributed by atoms with Crippen LogP contribution in [0.25, 0.3) is 0 Å². The Morgan fingerprint density at radius 3 is 2.38 bits per heavy atom. The molecule has 1 fully saturated rings. The first-order chi connectivity index (χ1) is 19.2. The highest BCUT2D eigenvalue weighted by atomic mass is 32.2. The van der Waals surface area contributed by atoms with E-state index in [1.54, 1.807) is 12.1 Å². The van der Waals surface area contributed by atoms with Gasteiger partial charge in [-0.05, 0) is 29.7 Å². The van der Waals surface area contributed by atoms with Gasteiger partial charge in [0.1, 0.15) is 0 Å². The van der Waals surface area contributed by atoms with Gasteiger partial charge in [0, 0.05) is 42.8 Å². The first kappa shape index (κ1) is 29.5. The molecule has 1 aliphatic rings. The summed E-state index contributed by atoms with van der Waals surface area (Å²) in [7, 11) is 0. The van der Waals surface area contributed by atoms with Crippen molar-refractivity contribution in [2.45, 2.75) is 63.6 Å². The Kier molecular flexibility index (Phi) is 10.2.